The van der Waals surface area contributed by atoms with Gasteiger partial charge in [0.25, 0.3) is 11.6 Å². The Kier molecular flexibility index (Phi) is 6.32. The van der Waals surface area contributed by atoms with Gasteiger partial charge in [0.05, 0.1) is 29.9 Å². The van der Waals surface area contributed by atoms with Crippen LogP contribution < -0.4 is 14.9 Å². The van der Waals surface area contributed by atoms with Gasteiger partial charge < -0.3 is 14.6 Å². The van der Waals surface area contributed by atoms with Crippen LogP contribution in [0.4, 0.5) is 5.69 Å². The highest BCUT2D eigenvalue weighted by Gasteiger charge is 2.17. The van der Waals surface area contributed by atoms with Gasteiger partial charge >= 0.3 is 0 Å². The van der Waals surface area contributed by atoms with Crippen LogP contribution >= 0.6 is 0 Å². The van der Waals surface area contributed by atoms with E-state index < -0.39 is 10.8 Å². The summed E-state index contributed by atoms with van der Waals surface area (Å²) < 4.78 is 10.5. The second-order valence-electron chi connectivity index (χ2n) is 5.73. The van der Waals surface area contributed by atoms with Gasteiger partial charge in [-0.25, -0.2) is 5.43 Å². The summed E-state index contributed by atoms with van der Waals surface area (Å²) in [6.45, 7) is 3.73. The summed E-state index contributed by atoms with van der Waals surface area (Å²) in [5.41, 5.74) is 2.33. The summed E-state index contributed by atoms with van der Waals surface area (Å²) in [6, 6.07) is 8.34. The molecule has 9 nitrogen and oxygen atoms in total. The molecule has 27 heavy (non-hydrogen) atoms. The topological polar surface area (TPSA) is 123 Å². The number of benzene rings is 2. The number of phenolic OH excluding ortho intramolecular Hbond substituents is 1. The van der Waals surface area contributed by atoms with E-state index in [4.69, 9.17) is 9.47 Å². The van der Waals surface area contributed by atoms with E-state index in [9.17, 15) is 20.0 Å². The molecule has 0 radical (unpaired) electrons. The normalized spacial score (nSPS) is 10.8. The summed E-state index contributed by atoms with van der Waals surface area (Å²) in [5.74, 6) is -0.0820. The molecule has 0 saturated carbocycles. The number of nitrogens with one attached hydrogen (secondary N) is 1. The fourth-order valence-electron chi connectivity index (χ4n) is 2.19. The van der Waals surface area contributed by atoms with E-state index in [0.717, 1.165) is 6.07 Å². The molecule has 2 N–H and O–H groups in total. The molecule has 1 amide bonds. The number of carbonyl (C=O) groups excluding carboxylic acids is 1. The zero-order chi connectivity index (χ0) is 20.0. The molecule has 0 saturated heterocycles. The maximum Gasteiger partial charge on any atom is 0.275 e. The number of hydrogen-bond donors (Lipinski definition) is 2. The fourth-order valence-corrected chi connectivity index (χ4v) is 2.19. The van der Waals surface area contributed by atoms with Crippen molar-refractivity contribution in [1.82, 2.24) is 5.43 Å². The lowest BCUT2D eigenvalue weighted by atomic mass is 10.1. The number of methoxy groups -OCH3 is 1. The average Bonchev–Trinajstić information content (AvgIpc) is 2.62. The van der Waals surface area contributed by atoms with Crippen LogP contribution in [0.5, 0.6) is 17.2 Å². The smallest absolute Gasteiger partial charge is 0.275 e. The number of non-ortho nitro benzene ring substituents is 1. The van der Waals surface area contributed by atoms with Crippen molar-refractivity contribution in [2.24, 2.45) is 5.10 Å². The van der Waals surface area contributed by atoms with Crippen LogP contribution in [0.1, 0.15) is 29.8 Å². The predicted octanol–water partition coefficient (Wildman–Crippen LogP) is 2.86. The third-order valence-corrected chi connectivity index (χ3v) is 3.38. The van der Waals surface area contributed by atoms with Gasteiger partial charge in [0.1, 0.15) is 17.2 Å². The zero-order valence-corrected chi connectivity index (χ0v) is 15.0. The molecule has 2 aromatic carbocycles. The van der Waals surface area contributed by atoms with Crippen molar-refractivity contribution in [3.05, 3.63) is 57.6 Å². The van der Waals surface area contributed by atoms with Crippen LogP contribution in [0, 0.1) is 10.1 Å². The first-order chi connectivity index (χ1) is 12.8. The Morgan fingerprint density at radius 3 is 2.63 bits per heavy atom. The van der Waals surface area contributed by atoms with E-state index in [1.807, 2.05) is 13.8 Å². The molecule has 0 aromatic heterocycles. The van der Waals surface area contributed by atoms with Crippen molar-refractivity contribution in [3.63, 3.8) is 0 Å². The zero-order valence-electron chi connectivity index (χ0n) is 15.0. The molecule has 0 aliphatic heterocycles. The van der Waals surface area contributed by atoms with E-state index in [1.54, 1.807) is 12.1 Å². The number of hydrazone groups is 1. The fraction of sp³-hybridized carbons (Fsp3) is 0.222. The first-order valence-electron chi connectivity index (χ1n) is 7.97. The van der Waals surface area contributed by atoms with E-state index in [0.29, 0.717) is 11.3 Å². The molecular formula is C18H19N3O6. The Morgan fingerprint density at radius 2 is 2.04 bits per heavy atom. The number of nitro benzene ring substituents is 1. The molecular weight excluding hydrogens is 354 g/mol. The Hall–Kier alpha value is -3.62. The van der Waals surface area contributed by atoms with Crippen LogP contribution in [0.15, 0.2) is 41.5 Å². The minimum absolute atomic E-state index is 0.0336. The second-order valence-corrected chi connectivity index (χ2v) is 5.73. The average molecular weight is 373 g/mol. The Labute approximate surface area is 155 Å². The molecule has 0 atom stereocenters. The minimum Gasteiger partial charge on any atom is -0.507 e. The number of amides is 1. The molecule has 0 aliphatic rings. The van der Waals surface area contributed by atoms with Gasteiger partial charge in [0, 0.05) is 23.8 Å². The van der Waals surface area contributed by atoms with Crippen molar-refractivity contribution < 1.29 is 24.3 Å². The lowest BCUT2D eigenvalue weighted by molar-refractivity contribution is -0.384. The Morgan fingerprint density at radius 1 is 1.30 bits per heavy atom. The number of phenols is 1. The third kappa shape index (κ3) is 5.18. The van der Waals surface area contributed by atoms with Crippen molar-refractivity contribution in [3.8, 4) is 17.2 Å². The van der Waals surface area contributed by atoms with E-state index >= 15 is 0 Å². The maximum atomic E-state index is 12.2. The van der Waals surface area contributed by atoms with Crippen molar-refractivity contribution in [2.45, 2.75) is 20.0 Å². The third-order valence-electron chi connectivity index (χ3n) is 3.38. The molecule has 0 fully saturated rings. The van der Waals surface area contributed by atoms with E-state index in [2.05, 4.69) is 10.5 Å². The summed E-state index contributed by atoms with van der Waals surface area (Å²) in [7, 11) is 1.35. The monoisotopic (exact) mass is 373 g/mol. The molecule has 2 rings (SSSR count). The highest BCUT2D eigenvalue weighted by atomic mass is 16.6. The van der Waals surface area contributed by atoms with Gasteiger partial charge in [-0.1, -0.05) is 0 Å². The molecule has 0 spiro atoms. The summed E-state index contributed by atoms with van der Waals surface area (Å²) in [5, 5.41) is 24.6. The molecule has 0 bridgehead atoms. The number of ether oxygens (including phenoxy) is 2. The van der Waals surface area contributed by atoms with Gasteiger partial charge in [0.2, 0.25) is 0 Å². The molecule has 0 unspecified atom stereocenters. The van der Waals surface area contributed by atoms with E-state index in [-0.39, 0.29) is 28.9 Å². The van der Waals surface area contributed by atoms with Crippen molar-refractivity contribution >= 4 is 17.8 Å². The van der Waals surface area contributed by atoms with Crippen LogP contribution in [0.2, 0.25) is 0 Å². The lowest BCUT2D eigenvalue weighted by Crippen LogP contribution is -2.18. The van der Waals surface area contributed by atoms with Gasteiger partial charge in [-0.05, 0) is 32.0 Å². The number of carbonyl (C=O) groups is 1. The van der Waals surface area contributed by atoms with Gasteiger partial charge in [0.15, 0.2) is 0 Å². The molecule has 0 aliphatic carbocycles. The SMILES string of the molecule is COc1ccc([N+](=O)[O-])cc1C(=O)N/N=C\c1ccc(OC(C)C)cc1O. The molecule has 142 valence electrons. The van der Waals surface area contributed by atoms with Crippen molar-refractivity contribution in [2.75, 3.05) is 7.11 Å². The van der Waals surface area contributed by atoms with Gasteiger partial charge in [-0.2, -0.15) is 5.10 Å². The number of nitrogens with zero attached hydrogens (tertiary/aromatic N) is 2. The van der Waals surface area contributed by atoms with Gasteiger partial charge in [-0.3, -0.25) is 14.9 Å². The predicted molar refractivity (Wildman–Crippen MR) is 98.6 cm³/mol. The van der Waals surface area contributed by atoms with Crippen LogP contribution in [0.25, 0.3) is 0 Å². The summed E-state index contributed by atoms with van der Waals surface area (Å²) in [6.07, 6.45) is 1.21. The minimum atomic E-state index is -0.689. The van der Waals surface area contributed by atoms with Crippen LogP contribution in [-0.2, 0) is 0 Å². The standard InChI is InChI=1S/C18H19N3O6/c1-11(2)27-14-6-4-12(16(22)9-14)10-19-20-18(23)15-8-13(21(24)25)5-7-17(15)26-3/h4-11,22H,1-3H3,(H,20,23)/b19-10-. The Balaban J connectivity index is 2.13. The number of hydrogen-bond acceptors (Lipinski definition) is 7. The largest absolute Gasteiger partial charge is 0.507 e. The molecule has 2 aromatic rings. The van der Waals surface area contributed by atoms with E-state index in [1.165, 1.54) is 31.5 Å². The van der Waals surface area contributed by atoms with Crippen LogP contribution in [0.3, 0.4) is 0 Å². The summed E-state index contributed by atoms with van der Waals surface area (Å²) in [4.78, 5) is 22.5. The maximum absolute atomic E-state index is 12.2. The number of nitro groups is 1. The number of rotatable bonds is 7. The second kappa shape index (κ2) is 8.65. The van der Waals surface area contributed by atoms with Crippen molar-refractivity contribution in [1.29, 1.82) is 0 Å². The molecule has 9 heteroatoms. The quantitative estimate of drug-likeness (QED) is 0.437. The first-order valence-corrected chi connectivity index (χ1v) is 7.97. The number of aromatic hydroxyl groups is 1. The van der Waals surface area contributed by atoms with Gasteiger partial charge in [-0.15, -0.1) is 0 Å². The summed E-state index contributed by atoms with van der Waals surface area (Å²) >= 11 is 0. The highest BCUT2D eigenvalue weighted by molar-refractivity contribution is 5.98. The lowest BCUT2D eigenvalue weighted by Gasteiger charge is -2.10. The first kappa shape index (κ1) is 19.7. The highest BCUT2D eigenvalue weighted by Crippen LogP contribution is 2.24. The Bertz CT molecular complexity index is 879. The van der Waals surface area contributed by atoms with Crippen LogP contribution in [-0.4, -0.2) is 35.4 Å². The molecule has 0 heterocycles.